The molecular formula is C9H7ClF2O3. The molecule has 82 valence electrons. The van der Waals surface area contributed by atoms with Crippen molar-refractivity contribution < 1.29 is 23.8 Å². The topological polar surface area (TPSA) is 57.5 Å². The van der Waals surface area contributed by atoms with E-state index in [0.29, 0.717) is 0 Å². The van der Waals surface area contributed by atoms with Gasteiger partial charge in [-0.25, -0.2) is 13.6 Å². The lowest BCUT2D eigenvalue weighted by atomic mass is 10.0. The van der Waals surface area contributed by atoms with E-state index in [9.17, 15) is 18.7 Å². The Morgan fingerprint density at radius 1 is 1.47 bits per heavy atom. The predicted molar refractivity (Wildman–Crippen MR) is 48.9 cm³/mol. The van der Waals surface area contributed by atoms with Crippen molar-refractivity contribution in [1.82, 2.24) is 0 Å². The number of aliphatic carboxylic acids is 1. The molecule has 1 aromatic rings. The monoisotopic (exact) mass is 236 g/mol. The highest BCUT2D eigenvalue weighted by molar-refractivity contribution is 6.30. The fourth-order valence-electron chi connectivity index (χ4n) is 1.03. The number of benzene rings is 1. The molecule has 0 heterocycles. The van der Waals surface area contributed by atoms with E-state index in [-0.39, 0.29) is 5.02 Å². The van der Waals surface area contributed by atoms with E-state index in [0.717, 1.165) is 12.1 Å². The van der Waals surface area contributed by atoms with Gasteiger partial charge in [-0.2, -0.15) is 0 Å². The maximum Gasteiger partial charge on any atom is 0.341 e. The zero-order valence-corrected chi connectivity index (χ0v) is 8.08. The Balaban J connectivity index is 3.01. The van der Waals surface area contributed by atoms with Gasteiger partial charge in [0.25, 0.3) is 0 Å². The summed E-state index contributed by atoms with van der Waals surface area (Å²) >= 11 is 5.43. The van der Waals surface area contributed by atoms with E-state index in [4.69, 9.17) is 16.7 Å². The second-order valence-corrected chi connectivity index (χ2v) is 3.29. The van der Waals surface area contributed by atoms with Crippen LogP contribution in [0.15, 0.2) is 18.2 Å². The molecule has 3 nitrogen and oxygen atoms in total. The molecule has 0 amide bonds. The molecular weight excluding hydrogens is 230 g/mol. The van der Waals surface area contributed by atoms with Crippen LogP contribution >= 0.6 is 11.6 Å². The molecule has 15 heavy (non-hydrogen) atoms. The van der Waals surface area contributed by atoms with Crippen molar-refractivity contribution in [1.29, 1.82) is 0 Å². The molecule has 0 fully saturated rings. The second-order valence-electron chi connectivity index (χ2n) is 2.85. The van der Waals surface area contributed by atoms with Crippen LogP contribution in [0.4, 0.5) is 8.78 Å². The maximum atomic E-state index is 13.1. The zero-order chi connectivity index (χ0) is 11.6. The summed E-state index contributed by atoms with van der Waals surface area (Å²) in [6, 6.07) is 3.14. The summed E-state index contributed by atoms with van der Waals surface area (Å²) in [4.78, 5) is 10.2. The fraction of sp³-hybridized carbons (Fsp3) is 0.222. The van der Waals surface area contributed by atoms with Gasteiger partial charge >= 0.3 is 5.97 Å². The first kappa shape index (κ1) is 11.9. The molecule has 0 radical (unpaired) electrons. The normalized spacial score (nSPS) is 14.7. The molecule has 0 aliphatic carbocycles. The van der Waals surface area contributed by atoms with E-state index < -0.39 is 29.6 Å². The van der Waals surface area contributed by atoms with Crippen LogP contribution in [-0.2, 0) is 4.79 Å². The van der Waals surface area contributed by atoms with Crippen molar-refractivity contribution in [2.75, 3.05) is 0 Å². The van der Waals surface area contributed by atoms with Crippen molar-refractivity contribution in [2.45, 2.75) is 12.3 Å². The van der Waals surface area contributed by atoms with Crippen LogP contribution in [0.5, 0.6) is 0 Å². The van der Waals surface area contributed by atoms with Crippen LogP contribution in [0.2, 0.25) is 5.02 Å². The van der Waals surface area contributed by atoms with Gasteiger partial charge in [-0.15, -0.1) is 0 Å². The summed E-state index contributed by atoms with van der Waals surface area (Å²) in [5.74, 6) is -2.80. The lowest BCUT2D eigenvalue weighted by Gasteiger charge is -2.13. The van der Waals surface area contributed by atoms with Crippen LogP contribution < -0.4 is 0 Å². The van der Waals surface area contributed by atoms with Crippen LogP contribution in [0.3, 0.4) is 0 Å². The van der Waals surface area contributed by atoms with Gasteiger partial charge in [0.2, 0.25) is 6.17 Å². The predicted octanol–water partition coefficient (Wildman–Crippen LogP) is 1.94. The average Bonchev–Trinajstić information content (AvgIpc) is 2.15. The van der Waals surface area contributed by atoms with Crippen molar-refractivity contribution in [3.05, 3.63) is 34.6 Å². The summed E-state index contributed by atoms with van der Waals surface area (Å²) in [5.41, 5.74) is -0.436. The number of carboxylic acids is 1. The van der Waals surface area contributed by atoms with Crippen molar-refractivity contribution in [3.63, 3.8) is 0 Å². The Morgan fingerprint density at radius 3 is 2.53 bits per heavy atom. The molecule has 0 saturated carbocycles. The Labute approximate surface area is 88.9 Å². The van der Waals surface area contributed by atoms with Crippen LogP contribution in [0.25, 0.3) is 0 Å². The standard InChI is InChI=1S/C9H7ClF2O3/c10-4-1-2-5(6(11)3-4)8(13)7(12)9(14)15/h1-3,7-8,13H,(H,14,15). The third-order valence-electron chi connectivity index (χ3n) is 1.79. The van der Waals surface area contributed by atoms with E-state index in [1.165, 1.54) is 6.07 Å². The van der Waals surface area contributed by atoms with Gasteiger partial charge in [0.15, 0.2) is 0 Å². The molecule has 1 rings (SSSR count). The Kier molecular flexibility index (Phi) is 3.60. The molecule has 2 N–H and O–H groups in total. The minimum atomic E-state index is -2.57. The number of carbonyl (C=O) groups is 1. The number of hydrogen-bond acceptors (Lipinski definition) is 2. The van der Waals surface area contributed by atoms with Gasteiger partial charge in [0, 0.05) is 10.6 Å². The van der Waals surface area contributed by atoms with Crippen LogP contribution in [0, 0.1) is 5.82 Å². The number of rotatable bonds is 3. The molecule has 0 aliphatic heterocycles. The van der Waals surface area contributed by atoms with Gasteiger partial charge in [-0.05, 0) is 12.1 Å². The minimum absolute atomic E-state index is 0.0779. The molecule has 0 aliphatic rings. The fourth-order valence-corrected chi connectivity index (χ4v) is 1.19. The highest BCUT2D eigenvalue weighted by Gasteiger charge is 2.29. The first-order valence-electron chi connectivity index (χ1n) is 3.93. The first-order chi connectivity index (χ1) is 6.93. The Hall–Kier alpha value is -1.20. The highest BCUT2D eigenvalue weighted by atomic mass is 35.5. The summed E-state index contributed by atoms with van der Waals surface area (Å²) in [7, 11) is 0. The summed E-state index contributed by atoms with van der Waals surface area (Å²) < 4.78 is 26.0. The summed E-state index contributed by atoms with van der Waals surface area (Å²) in [5, 5.41) is 17.5. The molecule has 0 spiro atoms. The molecule has 1 aromatic carbocycles. The van der Waals surface area contributed by atoms with E-state index in [2.05, 4.69) is 0 Å². The zero-order valence-electron chi connectivity index (χ0n) is 7.32. The maximum absolute atomic E-state index is 13.1. The second kappa shape index (κ2) is 4.55. The molecule has 2 unspecified atom stereocenters. The average molecular weight is 237 g/mol. The van der Waals surface area contributed by atoms with Crippen molar-refractivity contribution in [2.24, 2.45) is 0 Å². The molecule has 0 bridgehead atoms. The van der Waals surface area contributed by atoms with Gasteiger partial charge in [-0.3, -0.25) is 0 Å². The molecule has 0 aromatic heterocycles. The van der Waals surface area contributed by atoms with Crippen LogP contribution in [-0.4, -0.2) is 22.4 Å². The molecule has 6 heteroatoms. The number of aliphatic hydroxyl groups excluding tert-OH is 1. The molecule has 0 saturated heterocycles. The smallest absolute Gasteiger partial charge is 0.341 e. The summed E-state index contributed by atoms with van der Waals surface area (Å²) in [6.07, 6.45) is -4.61. The Morgan fingerprint density at radius 2 is 2.07 bits per heavy atom. The van der Waals surface area contributed by atoms with E-state index in [1.807, 2.05) is 0 Å². The van der Waals surface area contributed by atoms with Gasteiger partial charge < -0.3 is 10.2 Å². The number of alkyl halides is 1. The van der Waals surface area contributed by atoms with Gasteiger partial charge in [0.1, 0.15) is 11.9 Å². The lowest BCUT2D eigenvalue weighted by molar-refractivity contribution is -0.147. The highest BCUT2D eigenvalue weighted by Crippen LogP contribution is 2.24. The number of hydrogen-bond donors (Lipinski definition) is 2. The third-order valence-corrected chi connectivity index (χ3v) is 2.03. The largest absolute Gasteiger partial charge is 0.479 e. The van der Waals surface area contributed by atoms with Crippen molar-refractivity contribution >= 4 is 17.6 Å². The van der Waals surface area contributed by atoms with Gasteiger partial charge in [0.05, 0.1) is 0 Å². The Bertz CT molecular complexity index is 384. The van der Waals surface area contributed by atoms with Gasteiger partial charge in [-0.1, -0.05) is 17.7 Å². The third kappa shape index (κ3) is 2.64. The van der Waals surface area contributed by atoms with Crippen molar-refractivity contribution in [3.8, 4) is 0 Å². The minimum Gasteiger partial charge on any atom is -0.479 e. The first-order valence-corrected chi connectivity index (χ1v) is 4.31. The van der Waals surface area contributed by atoms with Crippen LogP contribution in [0.1, 0.15) is 11.7 Å². The number of halogens is 3. The quantitative estimate of drug-likeness (QED) is 0.843. The SMILES string of the molecule is O=C(O)C(F)C(O)c1ccc(Cl)cc1F. The summed E-state index contributed by atoms with van der Waals surface area (Å²) in [6.45, 7) is 0. The van der Waals surface area contributed by atoms with E-state index >= 15 is 0 Å². The van der Waals surface area contributed by atoms with E-state index in [1.54, 1.807) is 0 Å². The molecule has 2 atom stereocenters. The lowest BCUT2D eigenvalue weighted by Crippen LogP contribution is -2.23. The number of carboxylic acid groups (broad SMARTS) is 1. The number of aliphatic hydroxyl groups is 1.